The van der Waals surface area contributed by atoms with Gasteiger partial charge in [0.15, 0.2) is 0 Å². The number of nitrogens with one attached hydrogen (secondary N) is 1. The van der Waals surface area contributed by atoms with E-state index >= 15 is 0 Å². The first kappa shape index (κ1) is 17.7. The number of anilines is 1. The second-order valence-electron chi connectivity index (χ2n) is 4.94. The smallest absolute Gasteiger partial charge is 0.454 e. The monoisotopic (exact) mass is 339 g/mol. The second kappa shape index (κ2) is 7.25. The summed E-state index contributed by atoms with van der Waals surface area (Å²) in [5.41, 5.74) is 0.446. The average molecular weight is 339 g/mol. The number of Topliss-reactive ketones (excluding diaryl/α,β-unsaturated/α-hetero) is 1. The van der Waals surface area contributed by atoms with Gasteiger partial charge in [0.25, 0.3) is 5.78 Å². The van der Waals surface area contributed by atoms with E-state index < -0.39 is 17.5 Å². The number of alkyl halides is 3. The van der Waals surface area contributed by atoms with Gasteiger partial charge in [0, 0.05) is 12.2 Å². The highest BCUT2D eigenvalue weighted by atomic mass is 19.4. The molecule has 0 heterocycles. The number of ether oxygens (including phenoxy) is 2. The minimum Gasteiger partial charge on any atom is -0.497 e. The van der Waals surface area contributed by atoms with E-state index in [9.17, 15) is 18.0 Å². The van der Waals surface area contributed by atoms with Gasteiger partial charge in [0.05, 0.1) is 19.8 Å². The summed E-state index contributed by atoms with van der Waals surface area (Å²) in [5, 5.41) is 2.85. The van der Waals surface area contributed by atoms with Crippen LogP contribution in [0.25, 0.3) is 0 Å². The zero-order valence-electron chi connectivity index (χ0n) is 13.1. The fourth-order valence-electron chi connectivity index (χ4n) is 2.09. The molecule has 0 saturated heterocycles. The van der Waals surface area contributed by atoms with Gasteiger partial charge in [-0.25, -0.2) is 0 Å². The Hall–Kier alpha value is -2.70. The third-order valence-corrected chi connectivity index (χ3v) is 3.37. The van der Waals surface area contributed by atoms with Crippen LogP contribution < -0.4 is 14.8 Å². The standard InChI is InChI=1S/C17H16F3NO3/c1-23-12-5-3-11(4-6-12)10-21-15-8-7-13(24-2)9-14(15)16(22)17(18,19)20/h3-9,21H,10H2,1-2H3. The molecule has 0 spiro atoms. The third-order valence-electron chi connectivity index (χ3n) is 3.37. The van der Waals surface area contributed by atoms with Crippen LogP contribution in [-0.2, 0) is 6.54 Å². The van der Waals surface area contributed by atoms with E-state index in [1.165, 1.54) is 19.2 Å². The molecule has 1 N–H and O–H groups in total. The van der Waals surface area contributed by atoms with Gasteiger partial charge in [-0.1, -0.05) is 12.1 Å². The molecule has 2 aromatic rings. The number of rotatable bonds is 6. The Bertz CT molecular complexity index is 712. The van der Waals surface area contributed by atoms with Crippen LogP contribution in [0, 0.1) is 0 Å². The summed E-state index contributed by atoms with van der Waals surface area (Å²) in [6, 6.07) is 11.0. The Labute approximate surface area is 137 Å². The lowest BCUT2D eigenvalue weighted by atomic mass is 10.1. The highest BCUT2D eigenvalue weighted by Crippen LogP contribution is 2.29. The zero-order chi connectivity index (χ0) is 17.7. The van der Waals surface area contributed by atoms with Crippen molar-refractivity contribution in [3.8, 4) is 11.5 Å². The molecular formula is C17H16F3NO3. The number of methoxy groups -OCH3 is 2. The molecule has 2 aromatic carbocycles. The van der Waals surface area contributed by atoms with Crippen LogP contribution in [0.15, 0.2) is 42.5 Å². The van der Waals surface area contributed by atoms with Crippen LogP contribution in [0.5, 0.6) is 11.5 Å². The Balaban J connectivity index is 2.23. The van der Waals surface area contributed by atoms with E-state index in [2.05, 4.69) is 5.32 Å². The van der Waals surface area contributed by atoms with Crippen molar-refractivity contribution in [2.24, 2.45) is 0 Å². The molecule has 0 atom stereocenters. The summed E-state index contributed by atoms with van der Waals surface area (Å²) in [6.07, 6.45) is -4.96. The second-order valence-corrected chi connectivity index (χ2v) is 4.94. The summed E-state index contributed by atoms with van der Waals surface area (Å²) in [6.45, 7) is 0.258. The maximum atomic E-state index is 12.8. The van der Waals surface area contributed by atoms with Crippen LogP contribution in [0.4, 0.5) is 18.9 Å². The van der Waals surface area contributed by atoms with E-state index in [1.807, 2.05) is 0 Å². The molecule has 0 aliphatic heterocycles. The molecule has 0 aliphatic carbocycles. The van der Waals surface area contributed by atoms with E-state index in [0.29, 0.717) is 5.75 Å². The topological polar surface area (TPSA) is 47.6 Å². The number of carbonyl (C=O) groups is 1. The highest BCUT2D eigenvalue weighted by Gasteiger charge is 2.40. The van der Waals surface area contributed by atoms with Gasteiger partial charge in [-0.05, 0) is 35.9 Å². The number of benzene rings is 2. The van der Waals surface area contributed by atoms with Crippen molar-refractivity contribution in [3.63, 3.8) is 0 Å². The van der Waals surface area contributed by atoms with Gasteiger partial charge in [-0.2, -0.15) is 13.2 Å². The number of carbonyl (C=O) groups excluding carboxylic acids is 1. The first-order valence-corrected chi connectivity index (χ1v) is 7.01. The van der Waals surface area contributed by atoms with Gasteiger partial charge < -0.3 is 14.8 Å². The molecule has 4 nitrogen and oxygen atoms in total. The van der Waals surface area contributed by atoms with Crippen molar-refractivity contribution in [1.29, 1.82) is 0 Å². The molecule has 0 aliphatic rings. The van der Waals surface area contributed by atoms with Crippen molar-refractivity contribution in [2.45, 2.75) is 12.7 Å². The summed E-state index contributed by atoms with van der Waals surface area (Å²) >= 11 is 0. The highest BCUT2D eigenvalue weighted by molar-refractivity contribution is 6.05. The Morgan fingerprint density at radius 3 is 2.12 bits per heavy atom. The molecule has 0 saturated carbocycles. The van der Waals surface area contributed by atoms with Gasteiger partial charge in [-0.3, -0.25) is 4.79 Å². The predicted molar refractivity (Wildman–Crippen MR) is 83.7 cm³/mol. The molecule has 128 valence electrons. The van der Waals surface area contributed by atoms with Gasteiger partial charge in [0.2, 0.25) is 0 Å². The van der Waals surface area contributed by atoms with Crippen molar-refractivity contribution in [2.75, 3.05) is 19.5 Å². The number of hydrogen-bond acceptors (Lipinski definition) is 4. The first-order chi connectivity index (χ1) is 11.3. The molecule has 0 fully saturated rings. The number of hydrogen-bond donors (Lipinski definition) is 1. The van der Waals surface area contributed by atoms with Crippen molar-refractivity contribution in [3.05, 3.63) is 53.6 Å². The molecule has 0 amide bonds. The fraction of sp³-hybridized carbons (Fsp3) is 0.235. The lowest BCUT2D eigenvalue weighted by Gasteiger charge is -2.14. The van der Waals surface area contributed by atoms with Crippen molar-refractivity contribution < 1.29 is 27.4 Å². The molecule has 7 heteroatoms. The Kier molecular flexibility index (Phi) is 5.33. The van der Waals surface area contributed by atoms with Gasteiger partial charge in [0.1, 0.15) is 11.5 Å². The normalized spacial score (nSPS) is 11.0. The zero-order valence-corrected chi connectivity index (χ0v) is 13.1. The quantitative estimate of drug-likeness (QED) is 0.806. The minimum atomic E-state index is -4.96. The summed E-state index contributed by atoms with van der Waals surface area (Å²) in [4.78, 5) is 11.6. The molecular weight excluding hydrogens is 323 g/mol. The SMILES string of the molecule is COc1ccc(CNc2ccc(OC)cc2C(=O)C(F)(F)F)cc1. The molecule has 24 heavy (non-hydrogen) atoms. The predicted octanol–water partition coefficient (Wildman–Crippen LogP) is 4.06. The maximum Gasteiger partial charge on any atom is 0.454 e. The van der Waals surface area contributed by atoms with Crippen molar-refractivity contribution in [1.82, 2.24) is 0 Å². The molecule has 0 aromatic heterocycles. The van der Waals surface area contributed by atoms with Crippen molar-refractivity contribution >= 4 is 11.5 Å². The van der Waals surface area contributed by atoms with Gasteiger partial charge >= 0.3 is 6.18 Å². The van der Waals surface area contributed by atoms with E-state index in [4.69, 9.17) is 9.47 Å². The Morgan fingerprint density at radius 2 is 1.58 bits per heavy atom. The van der Waals surface area contributed by atoms with Crippen LogP contribution in [0.1, 0.15) is 15.9 Å². The Morgan fingerprint density at radius 1 is 1.00 bits per heavy atom. The van der Waals surface area contributed by atoms with Gasteiger partial charge in [-0.15, -0.1) is 0 Å². The molecule has 0 bridgehead atoms. The maximum absolute atomic E-state index is 12.8. The lowest BCUT2D eigenvalue weighted by molar-refractivity contribution is -0.0884. The average Bonchev–Trinajstić information content (AvgIpc) is 2.58. The summed E-state index contributed by atoms with van der Waals surface area (Å²) in [7, 11) is 2.86. The molecule has 0 radical (unpaired) electrons. The van der Waals surface area contributed by atoms with E-state index in [-0.39, 0.29) is 18.0 Å². The summed E-state index contributed by atoms with van der Waals surface area (Å²) < 4.78 is 48.2. The van der Waals surface area contributed by atoms with Crippen LogP contribution in [0.2, 0.25) is 0 Å². The fourth-order valence-corrected chi connectivity index (χ4v) is 2.09. The van der Waals surface area contributed by atoms with Crippen LogP contribution in [-0.4, -0.2) is 26.2 Å². The molecule has 2 rings (SSSR count). The lowest BCUT2D eigenvalue weighted by Crippen LogP contribution is -2.24. The van der Waals surface area contributed by atoms with E-state index in [1.54, 1.807) is 31.4 Å². The van der Waals surface area contributed by atoms with E-state index in [0.717, 1.165) is 11.6 Å². The van der Waals surface area contributed by atoms with Crippen LogP contribution in [0.3, 0.4) is 0 Å². The number of ketones is 1. The van der Waals surface area contributed by atoms with Crippen LogP contribution >= 0.6 is 0 Å². The third kappa shape index (κ3) is 4.18. The minimum absolute atomic E-state index is 0.0916. The summed E-state index contributed by atoms with van der Waals surface area (Å²) in [5.74, 6) is -1.06. The molecule has 0 unspecified atom stereocenters. The largest absolute Gasteiger partial charge is 0.497 e. The number of halogens is 3. The first-order valence-electron chi connectivity index (χ1n) is 7.01.